The van der Waals surface area contributed by atoms with Crippen LogP contribution in [0.15, 0.2) is 0 Å². The number of carboxylic acids is 1. The van der Waals surface area contributed by atoms with Crippen molar-refractivity contribution in [3.05, 3.63) is 0 Å². The number of nitrogens with one attached hydrogen (secondary N) is 2. The molecule has 20 heavy (non-hydrogen) atoms. The highest BCUT2D eigenvalue weighted by Crippen LogP contribution is 2.09. The number of hydrogen-bond acceptors (Lipinski definition) is 3. The fourth-order valence-corrected chi connectivity index (χ4v) is 2.66. The molecule has 0 bridgehead atoms. The number of nitrogens with zero attached hydrogens (tertiary/aromatic N) is 1. The van der Waals surface area contributed by atoms with Gasteiger partial charge < -0.3 is 20.6 Å². The van der Waals surface area contributed by atoms with E-state index in [4.69, 9.17) is 5.11 Å². The first-order valence-corrected chi connectivity index (χ1v) is 7.56. The Morgan fingerprint density at radius 2 is 2.15 bits per heavy atom. The molecule has 1 aliphatic rings. The Kier molecular flexibility index (Phi) is 7.36. The van der Waals surface area contributed by atoms with Crippen molar-refractivity contribution in [3.63, 3.8) is 0 Å². The molecule has 0 aromatic carbocycles. The Morgan fingerprint density at radius 1 is 1.40 bits per heavy atom. The van der Waals surface area contributed by atoms with E-state index in [-0.39, 0.29) is 24.5 Å². The summed E-state index contributed by atoms with van der Waals surface area (Å²) >= 11 is 0. The van der Waals surface area contributed by atoms with Crippen LogP contribution >= 0.6 is 0 Å². The molecule has 1 heterocycles. The normalized spacial score (nSPS) is 21.2. The average Bonchev–Trinajstić information content (AvgIpc) is 2.38. The van der Waals surface area contributed by atoms with Gasteiger partial charge in [-0.05, 0) is 32.4 Å². The number of likely N-dealkylation sites (N-methyl/N-ethyl adjacent to an activating group) is 1. The minimum atomic E-state index is -0.876. The summed E-state index contributed by atoms with van der Waals surface area (Å²) in [6.45, 7) is 7.06. The van der Waals surface area contributed by atoms with Gasteiger partial charge in [0.05, 0.1) is 6.42 Å². The molecule has 2 amide bonds. The maximum atomic E-state index is 11.9. The third-order valence-electron chi connectivity index (χ3n) is 3.68. The molecule has 116 valence electrons. The Labute approximate surface area is 120 Å². The van der Waals surface area contributed by atoms with Crippen LogP contribution in [0.1, 0.15) is 46.0 Å². The molecule has 3 N–H and O–H groups in total. The molecule has 0 aliphatic carbocycles. The zero-order valence-electron chi connectivity index (χ0n) is 12.5. The lowest BCUT2D eigenvalue weighted by atomic mass is 10.1. The van der Waals surface area contributed by atoms with E-state index in [1.54, 1.807) is 0 Å². The summed E-state index contributed by atoms with van der Waals surface area (Å²) in [5.74, 6) is -0.876. The maximum Gasteiger partial charge on any atom is 0.315 e. The fourth-order valence-electron chi connectivity index (χ4n) is 2.66. The van der Waals surface area contributed by atoms with Gasteiger partial charge in [-0.15, -0.1) is 0 Å². The van der Waals surface area contributed by atoms with Gasteiger partial charge in [0.1, 0.15) is 0 Å². The van der Waals surface area contributed by atoms with Crippen molar-refractivity contribution in [1.29, 1.82) is 0 Å². The first-order valence-electron chi connectivity index (χ1n) is 7.56. The maximum absolute atomic E-state index is 11.9. The molecule has 6 nitrogen and oxygen atoms in total. The molecule has 0 spiro atoms. The number of aliphatic carboxylic acids is 1. The van der Waals surface area contributed by atoms with Gasteiger partial charge >= 0.3 is 12.0 Å². The summed E-state index contributed by atoms with van der Waals surface area (Å²) in [4.78, 5) is 25.0. The number of rotatable bonds is 7. The lowest BCUT2D eigenvalue weighted by Crippen LogP contribution is -2.52. The van der Waals surface area contributed by atoms with Gasteiger partial charge in [0.15, 0.2) is 0 Å². The summed E-state index contributed by atoms with van der Waals surface area (Å²) in [6.07, 6.45) is 3.59. The largest absolute Gasteiger partial charge is 0.481 e. The predicted molar refractivity (Wildman–Crippen MR) is 77.8 cm³/mol. The van der Waals surface area contributed by atoms with Gasteiger partial charge in [-0.1, -0.05) is 20.3 Å². The van der Waals surface area contributed by atoms with E-state index in [0.29, 0.717) is 6.42 Å². The van der Waals surface area contributed by atoms with Gasteiger partial charge in [0.2, 0.25) is 0 Å². The standard InChI is InChI=1S/C14H27N3O3/c1-3-6-11(9-13(18)19)15-14(20)16-12-7-5-8-17(4-2)10-12/h11-12H,3-10H2,1-2H3,(H,18,19)(H2,15,16,20). The SMILES string of the molecule is CCCC(CC(=O)O)NC(=O)NC1CCCN(CC)C1. The topological polar surface area (TPSA) is 81.7 Å². The van der Waals surface area contributed by atoms with Crippen molar-refractivity contribution < 1.29 is 14.7 Å². The third-order valence-corrected chi connectivity index (χ3v) is 3.68. The highest BCUT2D eigenvalue weighted by molar-refractivity contribution is 5.76. The molecule has 0 saturated carbocycles. The second-order valence-electron chi connectivity index (χ2n) is 5.43. The van der Waals surface area contributed by atoms with Gasteiger partial charge in [-0.3, -0.25) is 4.79 Å². The molecule has 0 radical (unpaired) electrons. The summed E-state index contributed by atoms with van der Waals surface area (Å²) in [5, 5.41) is 14.6. The number of amides is 2. The second-order valence-corrected chi connectivity index (χ2v) is 5.43. The molecule has 2 unspecified atom stereocenters. The van der Waals surface area contributed by atoms with Crippen LogP contribution in [0, 0.1) is 0 Å². The Morgan fingerprint density at radius 3 is 2.75 bits per heavy atom. The zero-order chi connectivity index (χ0) is 15.0. The van der Waals surface area contributed by atoms with E-state index < -0.39 is 5.97 Å². The van der Waals surface area contributed by atoms with Crippen molar-refractivity contribution in [2.24, 2.45) is 0 Å². The van der Waals surface area contributed by atoms with Gasteiger partial charge in [-0.2, -0.15) is 0 Å². The first kappa shape index (κ1) is 16.8. The monoisotopic (exact) mass is 285 g/mol. The molecule has 1 aliphatic heterocycles. The molecular formula is C14H27N3O3. The van der Waals surface area contributed by atoms with Crippen LogP contribution in [-0.4, -0.2) is 53.7 Å². The number of piperidine rings is 1. The number of carbonyl (C=O) groups is 2. The second kappa shape index (κ2) is 8.79. The van der Waals surface area contributed by atoms with Crippen molar-refractivity contribution >= 4 is 12.0 Å². The smallest absolute Gasteiger partial charge is 0.315 e. The highest BCUT2D eigenvalue weighted by Gasteiger charge is 2.21. The quantitative estimate of drug-likeness (QED) is 0.660. The van der Waals surface area contributed by atoms with Crippen LogP contribution in [0.2, 0.25) is 0 Å². The van der Waals surface area contributed by atoms with E-state index in [1.807, 2.05) is 6.92 Å². The highest BCUT2D eigenvalue weighted by atomic mass is 16.4. The minimum absolute atomic E-state index is 0.0208. The molecular weight excluding hydrogens is 258 g/mol. The predicted octanol–water partition coefficient (Wildman–Crippen LogP) is 1.41. The van der Waals surface area contributed by atoms with Crippen LogP contribution in [0.4, 0.5) is 4.79 Å². The van der Waals surface area contributed by atoms with E-state index in [0.717, 1.165) is 38.9 Å². The average molecular weight is 285 g/mol. The third kappa shape index (κ3) is 6.23. The number of likely N-dealkylation sites (tertiary alicyclic amines) is 1. The van der Waals surface area contributed by atoms with E-state index >= 15 is 0 Å². The Balaban J connectivity index is 2.38. The van der Waals surface area contributed by atoms with Crippen molar-refractivity contribution in [2.75, 3.05) is 19.6 Å². The Hall–Kier alpha value is -1.30. The number of urea groups is 1. The molecule has 1 fully saturated rings. The summed E-state index contributed by atoms with van der Waals surface area (Å²) in [6, 6.07) is -0.369. The summed E-state index contributed by atoms with van der Waals surface area (Å²) in [7, 11) is 0. The molecule has 1 rings (SSSR count). The van der Waals surface area contributed by atoms with E-state index in [1.165, 1.54) is 0 Å². The van der Waals surface area contributed by atoms with Gasteiger partial charge in [0, 0.05) is 18.6 Å². The lowest BCUT2D eigenvalue weighted by Gasteiger charge is -2.32. The van der Waals surface area contributed by atoms with Gasteiger partial charge in [0.25, 0.3) is 0 Å². The van der Waals surface area contributed by atoms with Crippen LogP contribution in [-0.2, 0) is 4.79 Å². The van der Waals surface area contributed by atoms with Crippen molar-refractivity contribution in [2.45, 2.75) is 58.0 Å². The van der Waals surface area contributed by atoms with Crippen LogP contribution in [0.3, 0.4) is 0 Å². The minimum Gasteiger partial charge on any atom is -0.481 e. The van der Waals surface area contributed by atoms with E-state index in [2.05, 4.69) is 22.5 Å². The summed E-state index contributed by atoms with van der Waals surface area (Å²) in [5.41, 5.74) is 0. The number of carboxylic acid groups (broad SMARTS) is 1. The number of carbonyl (C=O) groups excluding carboxylic acids is 1. The Bertz CT molecular complexity index is 323. The zero-order valence-corrected chi connectivity index (χ0v) is 12.5. The summed E-state index contributed by atoms with van der Waals surface area (Å²) < 4.78 is 0. The fraction of sp³-hybridized carbons (Fsp3) is 0.857. The number of hydrogen-bond donors (Lipinski definition) is 3. The molecule has 1 saturated heterocycles. The van der Waals surface area contributed by atoms with Crippen LogP contribution < -0.4 is 10.6 Å². The van der Waals surface area contributed by atoms with E-state index in [9.17, 15) is 9.59 Å². The molecule has 6 heteroatoms. The van der Waals surface area contributed by atoms with Crippen molar-refractivity contribution in [3.8, 4) is 0 Å². The molecule has 0 aromatic rings. The molecule has 0 aromatic heterocycles. The lowest BCUT2D eigenvalue weighted by molar-refractivity contribution is -0.137. The van der Waals surface area contributed by atoms with Crippen molar-refractivity contribution in [1.82, 2.24) is 15.5 Å². The van der Waals surface area contributed by atoms with Crippen LogP contribution in [0.5, 0.6) is 0 Å². The molecule has 2 atom stereocenters. The van der Waals surface area contributed by atoms with Crippen LogP contribution in [0.25, 0.3) is 0 Å². The van der Waals surface area contributed by atoms with Gasteiger partial charge in [-0.25, -0.2) is 4.79 Å². The first-order chi connectivity index (χ1) is 9.55.